The molecule has 0 amide bonds. The molecule has 0 atom stereocenters. The molecule has 2 aromatic carbocycles. The Morgan fingerprint density at radius 3 is 2.91 bits per heavy atom. The number of tetrazole rings is 1. The zero-order chi connectivity index (χ0) is 15.5. The molecule has 0 saturated carbocycles. The topological polar surface area (TPSA) is 63.8 Å². The summed E-state index contributed by atoms with van der Waals surface area (Å²) in [5.41, 5.74) is 2.56. The molecule has 0 aliphatic heterocycles. The molecule has 1 N–H and O–H groups in total. The molecule has 0 bridgehead atoms. The molecule has 0 fully saturated rings. The lowest BCUT2D eigenvalue weighted by Gasteiger charge is -2.09. The Kier molecular flexibility index (Phi) is 3.81. The maximum Gasteiger partial charge on any atom is 0.182 e. The predicted molar refractivity (Wildman–Crippen MR) is 77.1 cm³/mol. The number of hydrogen-bond donors (Lipinski definition) is 1. The molecule has 3 aromatic rings. The quantitative estimate of drug-likeness (QED) is 0.799. The fourth-order valence-corrected chi connectivity index (χ4v) is 2.27. The monoisotopic (exact) mass is 296 g/mol. The van der Waals surface area contributed by atoms with Crippen LogP contribution in [-0.4, -0.2) is 25.3 Å². The van der Waals surface area contributed by atoms with Crippen LogP contribution in [0.15, 0.2) is 30.3 Å². The van der Waals surface area contributed by atoms with Gasteiger partial charge in [0.1, 0.15) is 5.82 Å². The fraction of sp³-hybridized carbons (Fsp3) is 0.188. The van der Waals surface area contributed by atoms with E-state index >= 15 is 0 Å². The van der Waals surface area contributed by atoms with E-state index in [2.05, 4.69) is 27.7 Å². The van der Waals surface area contributed by atoms with Gasteiger partial charge in [-0.05, 0) is 22.9 Å². The van der Waals surface area contributed by atoms with E-state index in [1.807, 2.05) is 18.2 Å². The molecule has 3 rings (SSSR count). The van der Waals surface area contributed by atoms with Crippen LogP contribution in [0.4, 0.5) is 4.39 Å². The van der Waals surface area contributed by atoms with Gasteiger partial charge in [0.05, 0.1) is 13.2 Å². The first kappa shape index (κ1) is 14.2. The summed E-state index contributed by atoms with van der Waals surface area (Å²) in [4.78, 5) is 0. The highest BCUT2D eigenvalue weighted by molar-refractivity contribution is 5.59. The standard InChI is InChI=1S/C16H13FN4O/c1-11-5-4-8-15(17)14(11)9-21-16(18-19-20-21)13-7-3-2-6-12(13)10-22/h2-3,6-8,22H,9-10H2,1H3. The van der Waals surface area contributed by atoms with Gasteiger partial charge in [0.25, 0.3) is 0 Å². The molecule has 0 aliphatic carbocycles. The highest BCUT2D eigenvalue weighted by atomic mass is 19.1. The Morgan fingerprint density at radius 1 is 1.32 bits per heavy atom. The smallest absolute Gasteiger partial charge is 0.182 e. The predicted octanol–water partition coefficient (Wildman–Crippen LogP) is 1.93. The Hall–Kier alpha value is -2.78. The van der Waals surface area contributed by atoms with Crippen molar-refractivity contribution in [2.24, 2.45) is 0 Å². The number of aliphatic hydroxyl groups excluding tert-OH is 1. The molecule has 22 heavy (non-hydrogen) atoms. The van der Waals surface area contributed by atoms with E-state index in [1.165, 1.54) is 10.7 Å². The summed E-state index contributed by atoms with van der Waals surface area (Å²) in [6, 6.07) is 14.0. The Balaban J connectivity index is 2.03. The molecule has 0 radical (unpaired) electrons. The van der Waals surface area contributed by atoms with E-state index in [0.29, 0.717) is 22.5 Å². The SMILES string of the molecule is Cc1c#ccc(F)c1Cn1nnnc1-c1ccccc1CO. The maximum atomic E-state index is 13.9. The first-order valence-electron chi connectivity index (χ1n) is 6.73. The summed E-state index contributed by atoms with van der Waals surface area (Å²) in [7, 11) is 0. The van der Waals surface area contributed by atoms with Crippen LogP contribution in [0.2, 0.25) is 0 Å². The van der Waals surface area contributed by atoms with Crippen molar-refractivity contribution in [2.45, 2.75) is 20.1 Å². The fourth-order valence-electron chi connectivity index (χ4n) is 2.27. The lowest BCUT2D eigenvalue weighted by molar-refractivity contribution is 0.282. The molecule has 0 saturated heterocycles. The van der Waals surface area contributed by atoms with Crippen LogP contribution in [-0.2, 0) is 13.2 Å². The summed E-state index contributed by atoms with van der Waals surface area (Å²) in [5.74, 6) is 0.115. The number of aromatic nitrogens is 4. The molecule has 5 nitrogen and oxygen atoms in total. The number of halogens is 1. The van der Waals surface area contributed by atoms with E-state index in [9.17, 15) is 9.50 Å². The van der Waals surface area contributed by atoms with Gasteiger partial charge in [0.15, 0.2) is 5.82 Å². The molecule has 1 heterocycles. The molecule has 0 spiro atoms. The largest absolute Gasteiger partial charge is 0.392 e. The molecule has 0 aliphatic rings. The van der Waals surface area contributed by atoms with Crippen molar-refractivity contribution in [3.05, 3.63) is 65.0 Å². The highest BCUT2D eigenvalue weighted by Gasteiger charge is 2.15. The lowest BCUT2D eigenvalue weighted by Crippen LogP contribution is -2.08. The van der Waals surface area contributed by atoms with E-state index in [-0.39, 0.29) is 19.0 Å². The zero-order valence-corrected chi connectivity index (χ0v) is 11.9. The van der Waals surface area contributed by atoms with E-state index in [0.717, 1.165) is 5.56 Å². The maximum absolute atomic E-state index is 13.9. The van der Waals surface area contributed by atoms with Crippen molar-refractivity contribution in [3.63, 3.8) is 0 Å². The number of nitrogens with zero attached hydrogens (tertiary/aromatic N) is 4. The minimum atomic E-state index is -0.367. The van der Waals surface area contributed by atoms with Gasteiger partial charge in [-0.15, -0.1) is 5.10 Å². The van der Waals surface area contributed by atoms with Gasteiger partial charge in [0.2, 0.25) is 0 Å². The van der Waals surface area contributed by atoms with Crippen molar-refractivity contribution in [3.8, 4) is 11.4 Å². The number of hydrogen-bond acceptors (Lipinski definition) is 4. The average Bonchev–Trinajstić information content (AvgIpc) is 2.99. The van der Waals surface area contributed by atoms with Gasteiger partial charge in [-0.25, -0.2) is 9.07 Å². The second-order valence-electron chi connectivity index (χ2n) is 4.84. The van der Waals surface area contributed by atoms with Crippen LogP contribution >= 0.6 is 0 Å². The second-order valence-corrected chi connectivity index (χ2v) is 4.84. The summed E-state index contributed by atoms with van der Waals surface area (Å²) in [5, 5.41) is 21.0. The Labute approximate surface area is 127 Å². The van der Waals surface area contributed by atoms with Gasteiger partial charge in [-0.3, -0.25) is 0 Å². The normalized spacial score (nSPS) is 10.5. The van der Waals surface area contributed by atoms with Crippen LogP contribution in [0, 0.1) is 24.9 Å². The van der Waals surface area contributed by atoms with Crippen LogP contribution < -0.4 is 0 Å². The zero-order valence-electron chi connectivity index (χ0n) is 11.9. The summed E-state index contributed by atoms with van der Waals surface area (Å²) >= 11 is 0. The second kappa shape index (κ2) is 5.92. The Bertz CT molecular complexity index is 780. The minimum absolute atomic E-state index is 0.121. The first-order valence-corrected chi connectivity index (χ1v) is 6.73. The van der Waals surface area contributed by atoms with Crippen molar-refractivity contribution < 1.29 is 9.50 Å². The van der Waals surface area contributed by atoms with Gasteiger partial charge >= 0.3 is 0 Å². The van der Waals surface area contributed by atoms with Crippen molar-refractivity contribution in [2.75, 3.05) is 0 Å². The van der Waals surface area contributed by atoms with Gasteiger partial charge in [-0.1, -0.05) is 36.4 Å². The molecule has 6 heteroatoms. The summed E-state index contributed by atoms with van der Waals surface area (Å²) < 4.78 is 15.5. The number of aliphatic hydroxyl groups is 1. The Morgan fingerprint density at radius 2 is 2.14 bits per heavy atom. The molecule has 110 valence electrons. The number of rotatable bonds is 4. The highest BCUT2D eigenvalue weighted by Crippen LogP contribution is 2.22. The van der Waals surface area contributed by atoms with Gasteiger partial charge < -0.3 is 5.11 Å². The third-order valence-electron chi connectivity index (χ3n) is 3.47. The molecule has 0 unspecified atom stereocenters. The van der Waals surface area contributed by atoms with Gasteiger partial charge in [0, 0.05) is 22.8 Å². The van der Waals surface area contributed by atoms with E-state index < -0.39 is 0 Å². The minimum Gasteiger partial charge on any atom is -0.392 e. The lowest BCUT2D eigenvalue weighted by atomic mass is 10.1. The third kappa shape index (κ3) is 2.54. The van der Waals surface area contributed by atoms with Crippen molar-refractivity contribution in [1.82, 2.24) is 20.2 Å². The van der Waals surface area contributed by atoms with Crippen molar-refractivity contribution >= 4 is 0 Å². The van der Waals surface area contributed by atoms with Crippen LogP contribution in [0.5, 0.6) is 0 Å². The van der Waals surface area contributed by atoms with E-state index in [4.69, 9.17) is 0 Å². The van der Waals surface area contributed by atoms with Crippen LogP contribution in [0.1, 0.15) is 16.7 Å². The molecular weight excluding hydrogens is 283 g/mol. The third-order valence-corrected chi connectivity index (χ3v) is 3.47. The summed E-state index contributed by atoms with van der Waals surface area (Å²) in [6.45, 7) is 1.83. The van der Waals surface area contributed by atoms with Crippen LogP contribution in [0.3, 0.4) is 0 Å². The number of benzene rings is 1. The van der Waals surface area contributed by atoms with Crippen molar-refractivity contribution in [1.29, 1.82) is 0 Å². The van der Waals surface area contributed by atoms with Crippen LogP contribution in [0.25, 0.3) is 11.4 Å². The van der Waals surface area contributed by atoms with Gasteiger partial charge in [-0.2, -0.15) is 0 Å². The molecule has 1 aromatic heterocycles. The average molecular weight is 296 g/mol. The first-order chi connectivity index (χ1) is 10.7. The molecular formula is C16H13FN4O. The van der Waals surface area contributed by atoms with E-state index in [1.54, 1.807) is 13.0 Å². The summed E-state index contributed by atoms with van der Waals surface area (Å²) in [6.07, 6.45) is 0.